The normalized spacial score (nSPS) is 11.2. The van der Waals surface area contributed by atoms with Crippen LogP contribution in [0, 0.1) is 0 Å². The molecule has 0 bridgehead atoms. The van der Waals surface area contributed by atoms with E-state index in [0.29, 0.717) is 30.3 Å². The quantitative estimate of drug-likeness (QED) is 0.370. The Hall–Kier alpha value is -3.25. The number of para-hydroxylation sites is 1. The van der Waals surface area contributed by atoms with Crippen molar-refractivity contribution < 1.29 is 14.6 Å². The zero-order valence-corrected chi connectivity index (χ0v) is 15.7. The van der Waals surface area contributed by atoms with E-state index in [1.807, 2.05) is 36.4 Å². The van der Waals surface area contributed by atoms with Crippen molar-refractivity contribution in [2.45, 2.75) is 19.4 Å². The smallest absolute Gasteiger partial charge is 0.219 e. The summed E-state index contributed by atoms with van der Waals surface area (Å²) in [6, 6.07) is 14.7. The molecule has 144 valence electrons. The summed E-state index contributed by atoms with van der Waals surface area (Å²) in [5.74, 6) is 0.322. The number of nitrogens with zero attached hydrogens (tertiary/aromatic N) is 2. The number of hydrogen-bond donors (Lipinski definition) is 1. The van der Waals surface area contributed by atoms with Crippen molar-refractivity contribution in [3.05, 3.63) is 82.2 Å². The Kier molecular flexibility index (Phi) is 6.34. The van der Waals surface area contributed by atoms with Crippen LogP contribution in [0.3, 0.4) is 0 Å². The van der Waals surface area contributed by atoms with Gasteiger partial charge in [0, 0.05) is 12.0 Å². The summed E-state index contributed by atoms with van der Waals surface area (Å²) in [7, 11) is 1.61. The minimum Gasteiger partial charge on any atom is -0.497 e. The van der Waals surface area contributed by atoms with E-state index in [-0.39, 0.29) is 17.7 Å². The lowest BCUT2D eigenvalue weighted by molar-refractivity contribution is 0.103. The average molecular weight is 378 g/mol. The Labute approximate surface area is 162 Å². The lowest BCUT2D eigenvalue weighted by Crippen LogP contribution is -2.22. The minimum atomic E-state index is -0.433. The number of aromatic nitrogens is 2. The fourth-order valence-electron chi connectivity index (χ4n) is 2.90. The van der Waals surface area contributed by atoms with Gasteiger partial charge in [-0.15, -0.1) is 0 Å². The number of benzene rings is 2. The summed E-state index contributed by atoms with van der Waals surface area (Å²) in [5.41, 5.74) is 1.16. The Balaban J connectivity index is 2.01. The van der Waals surface area contributed by atoms with Crippen LogP contribution < -0.4 is 10.2 Å². The number of ketones is 1. The molecular weight excluding hydrogens is 356 g/mol. The van der Waals surface area contributed by atoms with Gasteiger partial charge in [0.1, 0.15) is 5.75 Å². The van der Waals surface area contributed by atoms with Crippen molar-refractivity contribution in [2.75, 3.05) is 13.7 Å². The first-order chi connectivity index (χ1) is 13.6. The zero-order valence-electron chi connectivity index (χ0n) is 15.7. The summed E-state index contributed by atoms with van der Waals surface area (Å²) in [6.07, 6.45) is 4.14. The highest BCUT2D eigenvalue weighted by Crippen LogP contribution is 2.15. The molecule has 2 aromatic carbocycles. The van der Waals surface area contributed by atoms with E-state index in [2.05, 4.69) is 5.10 Å². The molecule has 0 saturated carbocycles. The molecule has 0 unspecified atom stereocenters. The highest BCUT2D eigenvalue weighted by atomic mass is 16.5. The summed E-state index contributed by atoms with van der Waals surface area (Å²) in [4.78, 5) is 25.3. The van der Waals surface area contributed by atoms with Crippen LogP contribution in [0.1, 0.15) is 28.9 Å². The highest BCUT2D eigenvalue weighted by Gasteiger charge is 2.15. The number of carbonyl (C=O) groups is 1. The van der Waals surface area contributed by atoms with E-state index in [0.717, 1.165) is 11.3 Å². The fourth-order valence-corrected chi connectivity index (χ4v) is 2.90. The van der Waals surface area contributed by atoms with Gasteiger partial charge in [0.25, 0.3) is 0 Å². The second-order valence-corrected chi connectivity index (χ2v) is 6.33. The Morgan fingerprint density at radius 3 is 2.64 bits per heavy atom. The average Bonchev–Trinajstić information content (AvgIpc) is 2.73. The van der Waals surface area contributed by atoms with Crippen molar-refractivity contribution in [1.29, 1.82) is 0 Å². The van der Waals surface area contributed by atoms with Crippen molar-refractivity contribution >= 4 is 16.7 Å². The fraction of sp³-hybridized carbons (Fsp3) is 0.227. The van der Waals surface area contributed by atoms with Gasteiger partial charge in [-0.25, -0.2) is 0 Å². The molecule has 6 heteroatoms. The standard InChI is InChI=1S/C22H22N2O4/c1-28-17-12-10-16(11-13-17)15-24-19-8-5-4-7-18(19)22(27)21(23-24)20(26)9-3-2-6-14-25/h3-5,7-13,25H,2,6,14-15H2,1H3/b9-3+. The lowest BCUT2D eigenvalue weighted by atomic mass is 10.1. The van der Waals surface area contributed by atoms with Gasteiger partial charge in [-0.1, -0.05) is 30.3 Å². The van der Waals surface area contributed by atoms with Crippen molar-refractivity contribution in [1.82, 2.24) is 9.78 Å². The summed E-state index contributed by atoms with van der Waals surface area (Å²) < 4.78 is 6.85. The van der Waals surface area contributed by atoms with Gasteiger partial charge in [0.05, 0.1) is 19.2 Å². The molecule has 0 atom stereocenters. The first-order valence-electron chi connectivity index (χ1n) is 9.08. The third-order valence-corrected chi connectivity index (χ3v) is 4.39. The zero-order chi connectivity index (χ0) is 19.9. The van der Waals surface area contributed by atoms with E-state index < -0.39 is 5.78 Å². The van der Waals surface area contributed by atoms with Crippen LogP contribution in [0.5, 0.6) is 5.75 Å². The number of carbonyl (C=O) groups excluding carboxylic acids is 1. The number of methoxy groups -OCH3 is 1. The van der Waals surface area contributed by atoms with Gasteiger partial charge < -0.3 is 9.84 Å². The number of aliphatic hydroxyl groups excluding tert-OH is 1. The van der Waals surface area contributed by atoms with Gasteiger partial charge in [-0.3, -0.25) is 14.3 Å². The number of aliphatic hydroxyl groups is 1. The predicted octanol–water partition coefficient (Wildman–Crippen LogP) is 2.96. The molecule has 1 N–H and O–H groups in total. The van der Waals surface area contributed by atoms with Crippen LogP contribution in [0.25, 0.3) is 10.9 Å². The highest BCUT2D eigenvalue weighted by molar-refractivity contribution is 6.04. The van der Waals surface area contributed by atoms with Crippen molar-refractivity contribution in [2.24, 2.45) is 0 Å². The molecule has 0 aliphatic rings. The van der Waals surface area contributed by atoms with Crippen molar-refractivity contribution in [3.63, 3.8) is 0 Å². The molecule has 6 nitrogen and oxygen atoms in total. The summed E-state index contributed by atoms with van der Waals surface area (Å²) >= 11 is 0. The second kappa shape index (κ2) is 9.10. The van der Waals surface area contributed by atoms with Crippen LogP contribution in [0.2, 0.25) is 0 Å². The van der Waals surface area contributed by atoms with Crippen LogP contribution in [0.15, 0.2) is 65.5 Å². The molecule has 0 radical (unpaired) electrons. The Bertz CT molecular complexity index is 1050. The number of hydrogen-bond acceptors (Lipinski definition) is 5. The van der Waals surface area contributed by atoms with Crippen LogP contribution in [0.4, 0.5) is 0 Å². The number of allylic oxidation sites excluding steroid dienone is 2. The molecule has 0 amide bonds. The van der Waals surface area contributed by atoms with E-state index in [1.165, 1.54) is 6.08 Å². The Morgan fingerprint density at radius 2 is 1.93 bits per heavy atom. The molecule has 1 aromatic heterocycles. The lowest BCUT2D eigenvalue weighted by Gasteiger charge is -2.12. The van der Waals surface area contributed by atoms with E-state index in [1.54, 1.807) is 30.0 Å². The van der Waals surface area contributed by atoms with Gasteiger partial charge in [-0.2, -0.15) is 5.10 Å². The maximum Gasteiger partial charge on any atom is 0.219 e. The van der Waals surface area contributed by atoms with E-state index >= 15 is 0 Å². The number of ether oxygens (including phenoxy) is 1. The molecule has 28 heavy (non-hydrogen) atoms. The molecule has 0 aliphatic heterocycles. The number of fused-ring (bicyclic) bond motifs is 1. The minimum absolute atomic E-state index is 0.0570. The van der Waals surface area contributed by atoms with Crippen LogP contribution >= 0.6 is 0 Å². The van der Waals surface area contributed by atoms with Crippen LogP contribution in [-0.4, -0.2) is 34.4 Å². The topological polar surface area (TPSA) is 81.4 Å². The third-order valence-electron chi connectivity index (χ3n) is 4.39. The number of rotatable bonds is 8. The molecule has 0 spiro atoms. The maximum atomic E-state index is 12.8. The van der Waals surface area contributed by atoms with E-state index in [4.69, 9.17) is 9.84 Å². The summed E-state index contributed by atoms with van der Waals surface area (Å²) in [5, 5.41) is 13.6. The van der Waals surface area contributed by atoms with Gasteiger partial charge in [0.15, 0.2) is 5.69 Å². The molecule has 0 saturated heterocycles. The maximum absolute atomic E-state index is 12.8. The molecule has 0 aliphatic carbocycles. The first kappa shape index (κ1) is 19.5. The van der Waals surface area contributed by atoms with E-state index in [9.17, 15) is 9.59 Å². The largest absolute Gasteiger partial charge is 0.497 e. The Morgan fingerprint density at radius 1 is 1.18 bits per heavy atom. The van der Waals surface area contributed by atoms with Gasteiger partial charge >= 0.3 is 0 Å². The monoisotopic (exact) mass is 378 g/mol. The molecule has 1 heterocycles. The summed E-state index contributed by atoms with van der Waals surface area (Å²) in [6.45, 7) is 0.473. The predicted molar refractivity (Wildman–Crippen MR) is 108 cm³/mol. The third kappa shape index (κ3) is 4.35. The van der Waals surface area contributed by atoms with Gasteiger partial charge in [0.2, 0.25) is 11.2 Å². The van der Waals surface area contributed by atoms with Crippen molar-refractivity contribution in [3.8, 4) is 5.75 Å². The van der Waals surface area contributed by atoms with Gasteiger partial charge in [-0.05, 0) is 48.7 Å². The molecule has 3 aromatic rings. The molecule has 3 rings (SSSR count). The first-order valence-corrected chi connectivity index (χ1v) is 9.08. The SMILES string of the molecule is COc1ccc(Cn2nc(C(=O)/C=C/CCCO)c(=O)c3ccccc32)cc1. The molecule has 0 fully saturated rings. The molecular formula is C22H22N2O4. The van der Waals surface area contributed by atoms with Crippen LogP contribution in [-0.2, 0) is 6.54 Å². The number of unbranched alkanes of at least 4 members (excludes halogenated alkanes) is 1. The second-order valence-electron chi connectivity index (χ2n) is 6.33.